The number of rotatable bonds is 2. The number of nitrogens with zero attached hydrogens (tertiary/aromatic N) is 1. The predicted molar refractivity (Wildman–Crippen MR) is 94.4 cm³/mol. The number of thiazole rings is 1. The van der Waals surface area contributed by atoms with E-state index in [0.717, 1.165) is 19.2 Å². The number of amides is 1. The lowest BCUT2D eigenvalue weighted by Gasteiger charge is -2.04. The zero-order valence-electron chi connectivity index (χ0n) is 10.4. The zero-order valence-corrected chi connectivity index (χ0v) is 15.1. The normalized spacial score (nSPS) is 10.8. The van der Waals surface area contributed by atoms with Crippen LogP contribution < -0.4 is 5.32 Å². The molecule has 0 aliphatic carbocycles. The summed E-state index contributed by atoms with van der Waals surface area (Å²) in [6.07, 6.45) is 0. The Morgan fingerprint density at radius 3 is 2.67 bits per heavy atom. The molecule has 7 heteroatoms. The highest BCUT2D eigenvalue weighted by atomic mass is 79.9. The van der Waals surface area contributed by atoms with Crippen molar-refractivity contribution in [3.63, 3.8) is 0 Å². The average Bonchev–Trinajstić information content (AvgIpc) is 2.82. The number of benzene rings is 2. The number of aromatic nitrogens is 1. The lowest BCUT2D eigenvalue weighted by atomic mass is 10.2. The van der Waals surface area contributed by atoms with Crippen molar-refractivity contribution in [2.45, 2.75) is 0 Å². The van der Waals surface area contributed by atoms with Crippen LogP contribution in [-0.2, 0) is 0 Å². The Morgan fingerprint density at radius 1 is 1.14 bits per heavy atom. The fourth-order valence-electron chi connectivity index (χ4n) is 1.79. The summed E-state index contributed by atoms with van der Waals surface area (Å²) in [5.41, 5.74) is 1.25. The lowest BCUT2D eigenvalue weighted by molar-refractivity contribution is 0.102. The van der Waals surface area contributed by atoms with E-state index in [2.05, 4.69) is 42.2 Å². The minimum absolute atomic E-state index is 0.278. The number of hydrogen-bond donors (Lipinski definition) is 1. The molecule has 21 heavy (non-hydrogen) atoms. The fraction of sp³-hybridized carbons (Fsp3) is 0. The first-order valence-corrected chi connectivity index (χ1v) is 8.63. The molecule has 0 saturated heterocycles. The van der Waals surface area contributed by atoms with Crippen LogP contribution >= 0.6 is 54.8 Å². The first-order chi connectivity index (χ1) is 10.0. The third-order valence-electron chi connectivity index (χ3n) is 2.74. The Hall–Kier alpha value is -0.950. The first kappa shape index (κ1) is 15.0. The molecule has 3 nitrogen and oxygen atoms in total. The summed E-state index contributed by atoms with van der Waals surface area (Å²) in [4.78, 5) is 16.7. The summed E-state index contributed by atoms with van der Waals surface area (Å²) >= 11 is 14.2. The van der Waals surface area contributed by atoms with Gasteiger partial charge >= 0.3 is 0 Å². The van der Waals surface area contributed by atoms with E-state index in [1.807, 2.05) is 18.2 Å². The topological polar surface area (TPSA) is 42.0 Å². The maximum atomic E-state index is 12.3. The van der Waals surface area contributed by atoms with E-state index in [1.165, 1.54) is 11.3 Å². The van der Waals surface area contributed by atoms with Crippen molar-refractivity contribution in [3.05, 3.63) is 55.9 Å². The standard InChI is InChI=1S/C14H7Br2ClN2OS/c15-7-1-3-10(17)9(5-7)13(20)19-14-18-11-4-2-8(16)6-12(11)21-14/h1-6H,(H,18,19,20). The van der Waals surface area contributed by atoms with E-state index >= 15 is 0 Å². The van der Waals surface area contributed by atoms with E-state index in [9.17, 15) is 4.79 Å². The van der Waals surface area contributed by atoms with E-state index in [4.69, 9.17) is 11.6 Å². The number of fused-ring (bicyclic) bond motifs is 1. The molecule has 0 atom stereocenters. The van der Waals surface area contributed by atoms with Crippen molar-refractivity contribution in [1.29, 1.82) is 0 Å². The minimum Gasteiger partial charge on any atom is -0.298 e. The second-order valence-corrected chi connectivity index (χ2v) is 7.48. The molecule has 0 saturated carbocycles. The van der Waals surface area contributed by atoms with Crippen LogP contribution in [0.1, 0.15) is 10.4 Å². The SMILES string of the molecule is O=C(Nc1nc2ccc(Br)cc2s1)c1cc(Br)ccc1Cl. The van der Waals surface area contributed by atoms with Crippen molar-refractivity contribution in [3.8, 4) is 0 Å². The molecule has 0 bridgehead atoms. The summed E-state index contributed by atoms with van der Waals surface area (Å²) in [6, 6.07) is 10.9. The maximum absolute atomic E-state index is 12.3. The van der Waals surface area contributed by atoms with E-state index in [1.54, 1.807) is 18.2 Å². The molecule has 3 aromatic rings. The van der Waals surface area contributed by atoms with E-state index in [0.29, 0.717) is 15.7 Å². The monoisotopic (exact) mass is 444 g/mol. The first-order valence-electron chi connectivity index (χ1n) is 5.85. The van der Waals surface area contributed by atoms with Crippen LogP contribution in [0.3, 0.4) is 0 Å². The molecule has 3 rings (SSSR count). The minimum atomic E-state index is -0.278. The van der Waals surface area contributed by atoms with Gasteiger partial charge < -0.3 is 0 Å². The van der Waals surface area contributed by atoms with Gasteiger partial charge in [-0.3, -0.25) is 10.1 Å². The molecule has 1 aromatic heterocycles. The van der Waals surface area contributed by atoms with Gasteiger partial charge in [-0.1, -0.05) is 54.8 Å². The molecule has 0 radical (unpaired) electrons. The van der Waals surface area contributed by atoms with Crippen LogP contribution in [-0.4, -0.2) is 10.9 Å². The van der Waals surface area contributed by atoms with Gasteiger partial charge in [0.15, 0.2) is 5.13 Å². The number of halogens is 3. The van der Waals surface area contributed by atoms with Gasteiger partial charge in [-0.05, 0) is 36.4 Å². The zero-order chi connectivity index (χ0) is 15.0. The molecule has 2 aromatic carbocycles. The molecule has 1 heterocycles. The fourth-order valence-corrected chi connectivity index (χ4v) is 3.77. The molecule has 1 amide bonds. The molecular weight excluding hydrogens is 439 g/mol. The Labute approximate surface area is 146 Å². The number of carbonyl (C=O) groups is 1. The molecule has 0 aliphatic heterocycles. The van der Waals surface area contributed by atoms with Crippen molar-refractivity contribution in [1.82, 2.24) is 4.98 Å². The van der Waals surface area contributed by atoms with E-state index in [-0.39, 0.29) is 5.91 Å². The molecular formula is C14H7Br2ClN2OS. The summed E-state index contributed by atoms with van der Waals surface area (Å²) in [5.74, 6) is -0.278. The van der Waals surface area contributed by atoms with Crippen molar-refractivity contribution >= 4 is 76.1 Å². The molecule has 1 N–H and O–H groups in total. The smallest absolute Gasteiger partial charge is 0.258 e. The average molecular weight is 447 g/mol. The molecule has 106 valence electrons. The highest BCUT2D eigenvalue weighted by Gasteiger charge is 2.13. The predicted octanol–water partition coefficient (Wildman–Crippen LogP) is 5.73. The van der Waals surface area contributed by atoms with Crippen LogP contribution in [0.2, 0.25) is 5.02 Å². The van der Waals surface area contributed by atoms with E-state index < -0.39 is 0 Å². The molecule has 0 aliphatic rings. The largest absolute Gasteiger partial charge is 0.298 e. The number of anilines is 1. The Balaban J connectivity index is 1.90. The van der Waals surface area contributed by atoms with Crippen LogP contribution in [0.25, 0.3) is 10.2 Å². The number of carbonyl (C=O) groups excluding carboxylic acids is 1. The highest BCUT2D eigenvalue weighted by molar-refractivity contribution is 9.10. The van der Waals surface area contributed by atoms with Gasteiger partial charge in [0.1, 0.15) is 0 Å². The Bertz CT molecular complexity index is 850. The molecule has 0 spiro atoms. The lowest BCUT2D eigenvalue weighted by Crippen LogP contribution is -2.12. The maximum Gasteiger partial charge on any atom is 0.258 e. The third kappa shape index (κ3) is 3.29. The van der Waals surface area contributed by atoms with Crippen LogP contribution in [0.4, 0.5) is 5.13 Å². The van der Waals surface area contributed by atoms with Crippen LogP contribution in [0.5, 0.6) is 0 Å². The third-order valence-corrected chi connectivity index (χ3v) is 4.99. The van der Waals surface area contributed by atoms with Gasteiger partial charge in [0.25, 0.3) is 5.91 Å². The van der Waals surface area contributed by atoms with Gasteiger partial charge in [0.05, 0.1) is 20.8 Å². The Morgan fingerprint density at radius 2 is 1.86 bits per heavy atom. The van der Waals surface area contributed by atoms with Gasteiger partial charge in [-0.15, -0.1) is 0 Å². The summed E-state index contributed by atoms with van der Waals surface area (Å²) in [7, 11) is 0. The van der Waals surface area contributed by atoms with Crippen LogP contribution in [0.15, 0.2) is 45.3 Å². The molecule has 0 fully saturated rings. The van der Waals surface area contributed by atoms with Crippen molar-refractivity contribution in [2.24, 2.45) is 0 Å². The molecule has 0 unspecified atom stereocenters. The Kier molecular flexibility index (Phi) is 4.31. The highest BCUT2D eigenvalue weighted by Crippen LogP contribution is 2.29. The van der Waals surface area contributed by atoms with Gasteiger partial charge in [0.2, 0.25) is 0 Å². The van der Waals surface area contributed by atoms with Crippen molar-refractivity contribution < 1.29 is 4.79 Å². The van der Waals surface area contributed by atoms with Gasteiger partial charge in [0, 0.05) is 8.95 Å². The number of hydrogen-bond acceptors (Lipinski definition) is 3. The van der Waals surface area contributed by atoms with Gasteiger partial charge in [-0.25, -0.2) is 4.98 Å². The second kappa shape index (κ2) is 6.04. The summed E-state index contributed by atoms with van der Waals surface area (Å²) in [6.45, 7) is 0. The number of nitrogens with one attached hydrogen (secondary N) is 1. The van der Waals surface area contributed by atoms with Crippen molar-refractivity contribution in [2.75, 3.05) is 5.32 Å². The summed E-state index contributed by atoms with van der Waals surface area (Å²) in [5, 5.41) is 3.73. The van der Waals surface area contributed by atoms with Crippen LogP contribution in [0, 0.1) is 0 Å². The summed E-state index contributed by atoms with van der Waals surface area (Å²) < 4.78 is 2.77. The second-order valence-electron chi connectivity index (χ2n) is 4.21. The van der Waals surface area contributed by atoms with Gasteiger partial charge in [-0.2, -0.15) is 0 Å². The quantitative estimate of drug-likeness (QED) is 0.547.